The van der Waals surface area contributed by atoms with Gasteiger partial charge in [0.2, 0.25) is 0 Å². The van der Waals surface area contributed by atoms with E-state index in [1.54, 1.807) is 0 Å². The summed E-state index contributed by atoms with van der Waals surface area (Å²) in [5.41, 5.74) is 11.4. The van der Waals surface area contributed by atoms with Crippen molar-refractivity contribution in [2.24, 2.45) is 0 Å². The zero-order chi connectivity index (χ0) is 18.8. The fourth-order valence-electron chi connectivity index (χ4n) is 4.65. The number of rotatable bonds is 2. The molecule has 6 rings (SSSR count). The summed E-state index contributed by atoms with van der Waals surface area (Å²) in [5, 5.41) is 0. The number of hydrogen-bond acceptors (Lipinski definition) is 2. The Balaban J connectivity index is 0.00000109. The van der Waals surface area contributed by atoms with Crippen LogP contribution in [0.5, 0.6) is 0 Å². The molecular weight excluding hydrogens is 594 g/mol. The number of thioether (sulfide) groups is 1. The number of benzene rings is 3. The van der Waals surface area contributed by atoms with E-state index in [9.17, 15) is 0 Å². The van der Waals surface area contributed by atoms with Crippen molar-refractivity contribution in [3.8, 4) is 11.1 Å². The summed E-state index contributed by atoms with van der Waals surface area (Å²) in [4.78, 5) is 0. The summed E-state index contributed by atoms with van der Waals surface area (Å²) in [6, 6.07) is 22.4. The van der Waals surface area contributed by atoms with E-state index in [1.165, 1.54) is 54.9 Å². The first kappa shape index (κ1) is 22.8. The third-order valence-electron chi connectivity index (χ3n) is 5.89. The predicted octanol–water partition coefficient (Wildman–Crippen LogP) is 0.155. The Morgan fingerprint density at radius 3 is 2.47 bits per heavy atom. The molecular formula is C24H15BrCl2S2Zr. The van der Waals surface area contributed by atoms with Crippen molar-refractivity contribution >= 4 is 54.7 Å². The second kappa shape index (κ2) is 8.89. The minimum absolute atomic E-state index is 0. The van der Waals surface area contributed by atoms with Gasteiger partial charge in [-0.15, -0.1) is 0 Å². The molecule has 3 aromatic rings. The molecule has 0 saturated heterocycles. The van der Waals surface area contributed by atoms with Crippen molar-refractivity contribution in [2.45, 2.75) is 6.42 Å². The maximum absolute atomic E-state index is 6.39. The van der Waals surface area contributed by atoms with Crippen molar-refractivity contribution in [3.05, 3.63) is 92.3 Å². The molecule has 2 aliphatic carbocycles. The summed E-state index contributed by atoms with van der Waals surface area (Å²) in [7, 11) is 6.39. The van der Waals surface area contributed by atoms with Crippen LogP contribution >= 0.6 is 36.5 Å². The van der Waals surface area contributed by atoms with Crippen LogP contribution in [0.25, 0.3) is 22.8 Å². The van der Waals surface area contributed by atoms with Crippen molar-refractivity contribution in [3.63, 3.8) is 0 Å². The summed E-state index contributed by atoms with van der Waals surface area (Å²) in [6.07, 6.45) is 3.40. The van der Waals surface area contributed by atoms with Crippen LogP contribution in [0.4, 0.5) is 0 Å². The van der Waals surface area contributed by atoms with Gasteiger partial charge in [-0.05, 0) is 0 Å². The molecule has 1 heterocycles. The fourth-order valence-corrected chi connectivity index (χ4v) is 12.8. The maximum atomic E-state index is 6.39. The van der Waals surface area contributed by atoms with E-state index in [1.807, 2.05) is 11.8 Å². The Morgan fingerprint density at radius 2 is 1.60 bits per heavy atom. The Hall–Kier alpha value is -0.347. The van der Waals surface area contributed by atoms with Crippen LogP contribution in [-0.4, -0.2) is 5.75 Å². The Morgan fingerprint density at radius 1 is 0.867 bits per heavy atom. The van der Waals surface area contributed by atoms with Crippen LogP contribution < -0.4 is 31.4 Å². The Bertz CT molecular complexity index is 1280. The number of halogens is 3. The standard InChI is InChI=1S/C13H9.C11H6BrS.2ClH.S.Zr/c1-3-7-12-10(5-1)9-11-6-2-4-8-13(11)12;12-11-10-8(6-13-11)5-7-3-1-2-4-9(7)10;;;;/h1-5,7-8H,9H2;1-3,5H,6H2;2*1H;;/q;;;;;+2/p-2. The van der Waals surface area contributed by atoms with Gasteiger partial charge in [0.15, 0.2) is 0 Å². The second-order valence-electron chi connectivity index (χ2n) is 7.37. The molecule has 0 fully saturated rings. The van der Waals surface area contributed by atoms with Crippen molar-refractivity contribution in [1.82, 2.24) is 0 Å². The predicted molar refractivity (Wildman–Crippen MR) is 124 cm³/mol. The molecule has 3 aliphatic rings. The Kier molecular flexibility index (Phi) is 6.76. The van der Waals surface area contributed by atoms with Crippen LogP contribution in [0.15, 0.2) is 70.1 Å². The monoisotopic (exact) mass is 606 g/mol. The molecule has 0 saturated carbocycles. The third kappa shape index (κ3) is 3.43. The van der Waals surface area contributed by atoms with Crippen LogP contribution in [-0.2, 0) is 26.1 Å². The molecule has 1 aliphatic heterocycles. The van der Waals surface area contributed by atoms with E-state index in [0.29, 0.717) is 0 Å². The van der Waals surface area contributed by atoms with Gasteiger partial charge in [-0.2, -0.15) is 0 Å². The zero-order valence-electron chi connectivity index (χ0n) is 15.7. The average molecular weight is 610 g/mol. The second-order valence-corrected chi connectivity index (χ2v) is 16.4. The van der Waals surface area contributed by atoms with E-state index in [-0.39, 0.29) is 24.8 Å². The van der Waals surface area contributed by atoms with Crippen LogP contribution in [0, 0.1) is 0 Å². The molecule has 30 heavy (non-hydrogen) atoms. The zero-order valence-corrected chi connectivity index (χ0v) is 22.9. The van der Waals surface area contributed by atoms with Crippen molar-refractivity contribution < 1.29 is 44.5 Å². The van der Waals surface area contributed by atoms with Crippen LogP contribution in [0.1, 0.15) is 22.3 Å². The molecule has 0 amide bonds. The van der Waals surface area contributed by atoms with Crippen molar-refractivity contribution in [1.29, 1.82) is 0 Å². The molecule has 0 spiro atoms. The molecule has 0 radical (unpaired) electrons. The molecule has 0 bridgehead atoms. The van der Waals surface area contributed by atoms with E-state index >= 15 is 0 Å². The molecule has 0 aromatic heterocycles. The molecule has 0 atom stereocenters. The molecule has 0 unspecified atom stereocenters. The van der Waals surface area contributed by atoms with Gasteiger partial charge in [0.1, 0.15) is 0 Å². The summed E-state index contributed by atoms with van der Waals surface area (Å²) in [6.45, 7) is 0. The molecule has 0 N–H and O–H groups in total. The molecule has 3 aromatic carbocycles. The quantitative estimate of drug-likeness (QED) is 0.318. The normalized spacial score (nSPS) is 14.5. The number of hydrogen-bond donors (Lipinski definition) is 0. The van der Waals surface area contributed by atoms with E-state index in [4.69, 9.17) is 8.86 Å². The summed E-state index contributed by atoms with van der Waals surface area (Å²) in [5.74, 6) is 1.07. The fraction of sp³-hybridized carbons (Fsp3) is 0.0833. The first-order valence-corrected chi connectivity index (χ1v) is 17.0. The SMILES string of the molecule is [Cl-].[Cl-].[S]=[Zr+2]([c]1cccc2c1Cc1ccccc1-2)[c]1cccc2c1C1=C(Br)SCC1=C2. The van der Waals surface area contributed by atoms with Gasteiger partial charge in [-0.1, -0.05) is 0 Å². The van der Waals surface area contributed by atoms with E-state index in [2.05, 4.69) is 82.7 Å². The molecule has 6 heteroatoms. The Labute approximate surface area is 212 Å². The first-order chi connectivity index (χ1) is 13.7. The number of allylic oxidation sites excluding steroid dienone is 1. The van der Waals surface area contributed by atoms with Crippen LogP contribution in [0.3, 0.4) is 0 Å². The minimum atomic E-state index is -2.43. The number of fused-ring (bicyclic) bond motifs is 6. The van der Waals surface area contributed by atoms with Gasteiger partial charge in [0.05, 0.1) is 0 Å². The first-order valence-electron chi connectivity index (χ1n) is 9.34. The topological polar surface area (TPSA) is 0 Å². The van der Waals surface area contributed by atoms with Gasteiger partial charge in [-0.3, -0.25) is 0 Å². The van der Waals surface area contributed by atoms with Gasteiger partial charge in [-0.25, -0.2) is 0 Å². The third-order valence-corrected chi connectivity index (χ3v) is 15.1. The van der Waals surface area contributed by atoms with Crippen molar-refractivity contribution in [2.75, 3.05) is 5.75 Å². The van der Waals surface area contributed by atoms with Gasteiger partial charge >= 0.3 is 190 Å². The van der Waals surface area contributed by atoms with Crippen LogP contribution in [0.2, 0.25) is 0 Å². The average Bonchev–Trinajstić information content (AvgIpc) is 3.39. The molecule has 148 valence electrons. The summed E-state index contributed by atoms with van der Waals surface area (Å²) >= 11 is 3.28. The summed E-state index contributed by atoms with van der Waals surface area (Å²) < 4.78 is 4.22. The van der Waals surface area contributed by atoms with Gasteiger partial charge in [0, 0.05) is 0 Å². The van der Waals surface area contributed by atoms with E-state index in [0.717, 1.165) is 12.2 Å². The van der Waals surface area contributed by atoms with Gasteiger partial charge in [0.25, 0.3) is 0 Å². The van der Waals surface area contributed by atoms with Gasteiger partial charge < -0.3 is 24.8 Å². The van der Waals surface area contributed by atoms with E-state index < -0.39 is 19.7 Å². The molecule has 0 nitrogen and oxygen atoms in total.